The number of H-pyrrole nitrogens is 2. The maximum atomic E-state index is 13.2. The maximum Gasteiger partial charge on any atom is 0.312 e. The van der Waals surface area contributed by atoms with Crippen LogP contribution in [0.15, 0.2) is 60.9 Å². The number of rotatable bonds is 7. The molecule has 14 nitrogen and oxygen atoms in total. The Morgan fingerprint density at radius 3 is 1.16 bits per heavy atom. The van der Waals surface area contributed by atoms with Crippen LogP contribution in [0.1, 0.15) is 93.0 Å². The fourth-order valence-electron chi connectivity index (χ4n) is 7.69. The molecule has 4 aromatic rings. The molecule has 4 N–H and O–H groups in total. The molecule has 2 aliphatic heterocycles. The zero-order valence-corrected chi connectivity index (χ0v) is 35.3. The molecule has 0 aliphatic carbocycles. The summed E-state index contributed by atoms with van der Waals surface area (Å²) in [6, 6.07) is 15.2. The maximum absolute atomic E-state index is 13.2. The lowest BCUT2D eigenvalue weighted by atomic mass is 9.86. The molecule has 4 heterocycles. The number of hydrogen-bond donors (Lipinski definition) is 4. The lowest BCUT2D eigenvalue weighted by Crippen LogP contribution is -2.53. The largest absolute Gasteiger partial charge is 0.372 e. The molecular formula is C44H58N8O6. The van der Waals surface area contributed by atoms with Crippen molar-refractivity contribution in [2.45, 2.75) is 106 Å². The van der Waals surface area contributed by atoms with Gasteiger partial charge in [0.15, 0.2) is 0 Å². The SMILES string of the molecule is CC1CN(C(=O)C(=O)NC(c2ncc(-c3ccc(-c4ccc(-c5cnc(C(NC(=O)C(=O)N6CC(C)OC(C)C6)C(C)(C)C)[nH]5)cc4)cc3)[nH]2)C(C)(C)C)CC(C)O1. The Labute approximate surface area is 340 Å². The highest BCUT2D eigenvalue weighted by atomic mass is 16.5. The first-order valence-corrected chi connectivity index (χ1v) is 20.1. The standard InChI is InChI=1S/C44H58N8O6/c1-25-21-51(22-26(2)57-25)41(55)39(53)49-35(43(5,6)7)37-45-19-33(47-37)31-15-11-29(12-16-31)30-13-17-32(18-14-30)34-20-46-38(48-34)36(44(8,9)10)50-40(54)42(56)52-23-27(3)58-28(4)24-52/h11-20,25-28,35-36H,21-24H2,1-10H3,(H,45,47)(H,46,48)(H,49,53)(H,50,54). The van der Waals surface area contributed by atoms with Crippen LogP contribution in [0.4, 0.5) is 0 Å². The molecular weight excluding hydrogens is 737 g/mol. The first-order chi connectivity index (χ1) is 27.3. The fraction of sp³-hybridized carbons (Fsp3) is 0.500. The second kappa shape index (κ2) is 16.9. The first-order valence-electron chi connectivity index (χ1n) is 20.1. The first kappa shape index (κ1) is 42.3. The zero-order valence-electron chi connectivity index (χ0n) is 35.3. The van der Waals surface area contributed by atoms with Crippen molar-refractivity contribution in [3.63, 3.8) is 0 Å². The van der Waals surface area contributed by atoms with Crippen LogP contribution in [0.25, 0.3) is 33.6 Å². The van der Waals surface area contributed by atoms with Crippen molar-refractivity contribution in [2.75, 3.05) is 26.2 Å². The van der Waals surface area contributed by atoms with Crippen LogP contribution in [-0.2, 0) is 28.7 Å². The number of nitrogens with zero attached hydrogens (tertiary/aromatic N) is 4. The van der Waals surface area contributed by atoms with Gasteiger partial charge in [-0.3, -0.25) is 19.2 Å². The van der Waals surface area contributed by atoms with E-state index >= 15 is 0 Å². The third kappa shape index (κ3) is 9.84. The number of ether oxygens (including phenoxy) is 2. The van der Waals surface area contributed by atoms with Gasteiger partial charge in [0, 0.05) is 26.2 Å². The van der Waals surface area contributed by atoms with E-state index in [-0.39, 0.29) is 24.4 Å². The molecule has 4 amide bonds. The van der Waals surface area contributed by atoms with E-state index in [1.807, 2.05) is 118 Å². The second-order valence-corrected chi connectivity index (χ2v) is 18.0. The highest BCUT2D eigenvalue weighted by Gasteiger charge is 2.37. The topological polar surface area (TPSA) is 175 Å². The van der Waals surface area contributed by atoms with Crippen LogP contribution < -0.4 is 10.6 Å². The second-order valence-electron chi connectivity index (χ2n) is 18.0. The van der Waals surface area contributed by atoms with E-state index in [1.165, 1.54) is 0 Å². The highest BCUT2D eigenvalue weighted by molar-refractivity contribution is 6.35. The van der Waals surface area contributed by atoms with Gasteiger partial charge in [-0.25, -0.2) is 9.97 Å². The van der Waals surface area contributed by atoms with Crippen molar-refractivity contribution < 1.29 is 28.7 Å². The number of nitrogens with one attached hydrogen (secondary N) is 4. The summed E-state index contributed by atoms with van der Waals surface area (Å²) in [5.41, 5.74) is 4.60. The number of carbonyl (C=O) groups excluding carboxylic acids is 4. The average Bonchev–Trinajstić information content (AvgIpc) is 3.85. The van der Waals surface area contributed by atoms with E-state index in [4.69, 9.17) is 9.47 Å². The van der Waals surface area contributed by atoms with Gasteiger partial charge in [0.1, 0.15) is 11.6 Å². The Balaban J connectivity index is 1.11. The minimum absolute atomic E-state index is 0.141. The monoisotopic (exact) mass is 794 g/mol. The van der Waals surface area contributed by atoms with Crippen molar-refractivity contribution in [1.29, 1.82) is 0 Å². The number of aromatic nitrogens is 4. The molecule has 0 radical (unpaired) electrons. The molecule has 310 valence electrons. The Bertz CT molecular complexity index is 1920. The molecule has 2 aromatic heterocycles. The predicted molar refractivity (Wildman–Crippen MR) is 221 cm³/mol. The third-order valence-electron chi connectivity index (χ3n) is 10.5. The van der Waals surface area contributed by atoms with Crippen LogP contribution in [0.5, 0.6) is 0 Å². The van der Waals surface area contributed by atoms with Gasteiger partial charge in [-0.1, -0.05) is 90.1 Å². The molecule has 2 saturated heterocycles. The Morgan fingerprint density at radius 1 is 0.569 bits per heavy atom. The summed E-state index contributed by atoms with van der Waals surface area (Å²) in [6.45, 7) is 21.0. The molecule has 6 rings (SSSR count). The number of amides is 4. The number of imidazole rings is 2. The Hall–Kier alpha value is -5.34. The van der Waals surface area contributed by atoms with E-state index < -0.39 is 46.5 Å². The van der Waals surface area contributed by atoms with Gasteiger partial charge in [-0.15, -0.1) is 0 Å². The summed E-state index contributed by atoms with van der Waals surface area (Å²) in [7, 11) is 0. The molecule has 2 aromatic carbocycles. The lowest BCUT2D eigenvalue weighted by molar-refractivity contribution is -0.154. The van der Waals surface area contributed by atoms with Crippen LogP contribution >= 0.6 is 0 Å². The normalized spacial score (nSPS) is 21.3. The van der Waals surface area contributed by atoms with Gasteiger partial charge >= 0.3 is 23.6 Å². The average molecular weight is 795 g/mol. The third-order valence-corrected chi connectivity index (χ3v) is 10.5. The summed E-state index contributed by atoms with van der Waals surface area (Å²) >= 11 is 0. The van der Waals surface area contributed by atoms with Crippen LogP contribution in [0, 0.1) is 10.8 Å². The van der Waals surface area contributed by atoms with Gasteiger partial charge in [-0.2, -0.15) is 0 Å². The zero-order chi connectivity index (χ0) is 42.1. The molecule has 2 fully saturated rings. The van der Waals surface area contributed by atoms with E-state index in [2.05, 4.69) is 30.6 Å². The van der Waals surface area contributed by atoms with Crippen molar-refractivity contribution >= 4 is 23.6 Å². The van der Waals surface area contributed by atoms with Gasteiger partial charge in [0.2, 0.25) is 0 Å². The summed E-state index contributed by atoms with van der Waals surface area (Å²) in [6.07, 6.45) is 2.93. The molecule has 6 atom stereocenters. The smallest absolute Gasteiger partial charge is 0.312 e. The van der Waals surface area contributed by atoms with Crippen molar-refractivity contribution in [3.05, 3.63) is 72.6 Å². The highest BCUT2D eigenvalue weighted by Crippen LogP contribution is 2.35. The predicted octanol–water partition coefficient (Wildman–Crippen LogP) is 5.81. The molecule has 58 heavy (non-hydrogen) atoms. The minimum atomic E-state index is -0.664. The summed E-state index contributed by atoms with van der Waals surface area (Å²) in [5, 5.41) is 5.89. The molecule has 0 spiro atoms. The van der Waals surface area contributed by atoms with Crippen molar-refractivity contribution in [3.8, 4) is 33.6 Å². The van der Waals surface area contributed by atoms with Crippen LogP contribution in [0.3, 0.4) is 0 Å². The molecule has 14 heteroatoms. The Morgan fingerprint density at radius 2 is 0.862 bits per heavy atom. The number of aromatic amines is 2. The summed E-state index contributed by atoms with van der Waals surface area (Å²) < 4.78 is 11.5. The molecule has 0 saturated carbocycles. The molecule has 2 aliphatic rings. The van der Waals surface area contributed by atoms with Gasteiger partial charge in [0.25, 0.3) is 0 Å². The van der Waals surface area contributed by atoms with Crippen LogP contribution in [-0.4, -0.2) is 104 Å². The minimum Gasteiger partial charge on any atom is -0.372 e. The van der Waals surface area contributed by atoms with Crippen molar-refractivity contribution in [1.82, 2.24) is 40.4 Å². The van der Waals surface area contributed by atoms with E-state index in [0.29, 0.717) is 37.8 Å². The number of benzene rings is 2. The van der Waals surface area contributed by atoms with Crippen LogP contribution in [0.2, 0.25) is 0 Å². The fourth-order valence-corrected chi connectivity index (χ4v) is 7.69. The lowest BCUT2D eigenvalue weighted by Gasteiger charge is -2.36. The van der Waals surface area contributed by atoms with E-state index in [1.54, 1.807) is 22.2 Å². The number of hydrogen-bond acceptors (Lipinski definition) is 8. The number of carbonyl (C=O) groups is 4. The molecule has 6 unspecified atom stereocenters. The summed E-state index contributed by atoms with van der Waals surface area (Å²) in [5.74, 6) is -1.34. The van der Waals surface area contributed by atoms with Gasteiger partial charge in [-0.05, 0) is 60.8 Å². The number of morpholine rings is 2. The van der Waals surface area contributed by atoms with Gasteiger partial charge in [0.05, 0.1) is 60.3 Å². The van der Waals surface area contributed by atoms with Crippen molar-refractivity contribution in [2.24, 2.45) is 10.8 Å². The van der Waals surface area contributed by atoms with E-state index in [9.17, 15) is 19.2 Å². The quantitative estimate of drug-likeness (QED) is 0.170. The Kier molecular flexibility index (Phi) is 12.3. The molecule has 0 bridgehead atoms. The summed E-state index contributed by atoms with van der Waals surface area (Å²) in [4.78, 5) is 71.8. The van der Waals surface area contributed by atoms with E-state index in [0.717, 1.165) is 33.6 Å². The van der Waals surface area contributed by atoms with Gasteiger partial charge < -0.3 is 39.9 Å².